The number of nitrogens with one attached hydrogen (secondary N) is 1. The number of rotatable bonds is 4. The number of carbonyl (C=O) groups excluding carboxylic acids is 1. The van der Waals surface area contributed by atoms with Gasteiger partial charge in [-0.25, -0.2) is 0 Å². The van der Waals surface area contributed by atoms with Crippen LogP contribution in [0.5, 0.6) is 0 Å². The van der Waals surface area contributed by atoms with Crippen molar-refractivity contribution >= 4 is 47.1 Å². The van der Waals surface area contributed by atoms with E-state index in [2.05, 4.69) is 15.5 Å². The van der Waals surface area contributed by atoms with Crippen molar-refractivity contribution in [2.45, 2.75) is 40.5 Å². The summed E-state index contributed by atoms with van der Waals surface area (Å²) in [5.74, 6) is -0.0791. The first-order valence-electron chi connectivity index (χ1n) is 6.80. The fraction of sp³-hybridized carbons (Fsp3) is 0.357. The molecule has 0 saturated heterocycles. The first kappa shape index (κ1) is 17.2. The molecule has 22 heavy (non-hydrogen) atoms. The normalized spacial score (nSPS) is 16.0. The van der Waals surface area contributed by atoms with Gasteiger partial charge in [-0.2, -0.15) is 0 Å². The Morgan fingerprint density at radius 2 is 1.95 bits per heavy atom. The standard InChI is InChI=1S/C14H16N4OS2.ClH/c15-14(7-1-2-8-14)12(19)17-10-3-5-11(6-4-10)21-13-18-16-9-20-13;/h3-6,9H,1-2,7-8,15H2,(H,17,19);1H. The van der Waals surface area contributed by atoms with E-state index in [0.717, 1.165) is 40.6 Å². The molecule has 0 bridgehead atoms. The summed E-state index contributed by atoms with van der Waals surface area (Å²) in [6, 6.07) is 7.69. The number of carbonyl (C=O) groups is 1. The van der Waals surface area contributed by atoms with Crippen molar-refractivity contribution in [3.8, 4) is 0 Å². The van der Waals surface area contributed by atoms with Crippen LogP contribution >= 0.6 is 35.5 Å². The third-order valence-electron chi connectivity index (χ3n) is 3.61. The highest BCUT2D eigenvalue weighted by atomic mass is 35.5. The van der Waals surface area contributed by atoms with Gasteiger partial charge in [-0.15, -0.1) is 22.6 Å². The molecule has 1 aromatic heterocycles. The lowest BCUT2D eigenvalue weighted by molar-refractivity contribution is -0.121. The average Bonchev–Trinajstić information content (AvgIpc) is 3.13. The van der Waals surface area contributed by atoms with Gasteiger partial charge in [0.2, 0.25) is 5.91 Å². The molecule has 1 aromatic carbocycles. The number of anilines is 1. The second-order valence-corrected chi connectivity index (χ2v) is 7.30. The van der Waals surface area contributed by atoms with Crippen LogP contribution in [0.3, 0.4) is 0 Å². The molecule has 8 heteroatoms. The van der Waals surface area contributed by atoms with Crippen molar-refractivity contribution in [2.24, 2.45) is 5.73 Å². The topological polar surface area (TPSA) is 80.9 Å². The molecule has 2 aromatic rings. The largest absolute Gasteiger partial charge is 0.324 e. The van der Waals surface area contributed by atoms with Crippen LogP contribution in [0.1, 0.15) is 25.7 Å². The highest BCUT2D eigenvalue weighted by Gasteiger charge is 2.36. The van der Waals surface area contributed by atoms with Gasteiger partial charge >= 0.3 is 0 Å². The van der Waals surface area contributed by atoms with Crippen LogP contribution in [0.25, 0.3) is 0 Å². The van der Waals surface area contributed by atoms with E-state index in [-0.39, 0.29) is 18.3 Å². The maximum Gasteiger partial charge on any atom is 0.244 e. The number of amides is 1. The van der Waals surface area contributed by atoms with Crippen LogP contribution in [-0.4, -0.2) is 21.6 Å². The second-order valence-electron chi connectivity index (χ2n) is 5.15. The van der Waals surface area contributed by atoms with E-state index in [0.29, 0.717) is 0 Å². The number of hydrogen-bond donors (Lipinski definition) is 2. The molecule has 1 aliphatic carbocycles. The van der Waals surface area contributed by atoms with Crippen molar-refractivity contribution < 1.29 is 4.79 Å². The van der Waals surface area contributed by atoms with Crippen molar-refractivity contribution in [1.29, 1.82) is 0 Å². The predicted octanol–water partition coefficient (Wildman–Crippen LogP) is 3.32. The summed E-state index contributed by atoms with van der Waals surface area (Å²) < 4.78 is 0.902. The van der Waals surface area contributed by atoms with Crippen molar-refractivity contribution in [1.82, 2.24) is 10.2 Å². The Hall–Kier alpha value is -1.15. The fourth-order valence-corrected chi connectivity index (χ4v) is 3.85. The van der Waals surface area contributed by atoms with E-state index in [1.807, 2.05) is 24.3 Å². The van der Waals surface area contributed by atoms with Crippen LogP contribution in [0, 0.1) is 0 Å². The van der Waals surface area contributed by atoms with Gasteiger partial charge in [0.15, 0.2) is 4.34 Å². The summed E-state index contributed by atoms with van der Waals surface area (Å²) in [6.07, 6.45) is 3.59. The third kappa shape index (κ3) is 3.98. The zero-order chi connectivity index (χ0) is 14.7. The van der Waals surface area contributed by atoms with Crippen LogP contribution in [0.2, 0.25) is 0 Å². The molecule has 0 unspecified atom stereocenters. The van der Waals surface area contributed by atoms with Gasteiger partial charge in [-0.3, -0.25) is 4.79 Å². The summed E-state index contributed by atoms with van der Waals surface area (Å²) in [5.41, 5.74) is 7.93. The van der Waals surface area contributed by atoms with Crippen molar-refractivity contribution in [3.63, 3.8) is 0 Å². The monoisotopic (exact) mass is 356 g/mol. The van der Waals surface area contributed by atoms with E-state index in [4.69, 9.17) is 5.73 Å². The van der Waals surface area contributed by atoms with Crippen LogP contribution in [0.4, 0.5) is 5.69 Å². The number of nitrogens with two attached hydrogens (primary N) is 1. The Bertz CT molecular complexity index is 612. The minimum atomic E-state index is -0.694. The lowest BCUT2D eigenvalue weighted by Crippen LogP contribution is -2.48. The SMILES string of the molecule is Cl.NC1(C(=O)Nc2ccc(Sc3nncs3)cc2)CCCC1. The highest BCUT2D eigenvalue weighted by molar-refractivity contribution is 8.01. The maximum atomic E-state index is 12.2. The Morgan fingerprint density at radius 1 is 1.27 bits per heavy atom. The first-order valence-corrected chi connectivity index (χ1v) is 8.50. The molecule has 0 aliphatic heterocycles. The molecule has 1 aliphatic rings. The Labute approximate surface area is 143 Å². The van der Waals surface area contributed by atoms with Crippen LogP contribution < -0.4 is 11.1 Å². The van der Waals surface area contributed by atoms with Gasteiger partial charge in [-0.05, 0) is 37.1 Å². The zero-order valence-electron chi connectivity index (χ0n) is 11.8. The van der Waals surface area contributed by atoms with E-state index < -0.39 is 5.54 Å². The van der Waals surface area contributed by atoms with Crippen LogP contribution in [0.15, 0.2) is 39.0 Å². The second kappa shape index (κ2) is 7.41. The molecule has 3 rings (SSSR count). The number of aromatic nitrogens is 2. The Kier molecular flexibility index (Phi) is 5.80. The first-order chi connectivity index (χ1) is 10.2. The zero-order valence-corrected chi connectivity index (χ0v) is 14.3. The molecule has 5 nitrogen and oxygen atoms in total. The number of nitrogens with zero attached hydrogens (tertiary/aromatic N) is 2. The van der Waals surface area contributed by atoms with Gasteiger partial charge in [0.05, 0.1) is 5.54 Å². The number of benzene rings is 1. The molecular formula is C14H17ClN4OS2. The number of hydrogen-bond acceptors (Lipinski definition) is 6. The van der Waals surface area contributed by atoms with Gasteiger partial charge in [0.1, 0.15) is 5.51 Å². The minimum absolute atomic E-state index is 0. The smallest absolute Gasteiger partial charge is 0.244 e. The highest BCUT2D eigenvalue weighted by Crippen LogP contribution is 2.30. The van der Waals surface area contributed by atoms with Crippen molar-refractivity contribution in [3.05, 3.63) is 29.8 Å². The van der Waals surface area contributed by atoms with E-state index >= 15 is 0 Å². The average molecular weight is 357 g/mol. The Morgan fingerprint density at radius 3 is 2.55 bits per heavy atom. The minimum Gasteiger partial charge on any atom is -0.324 e. The molecular weight excluding hydrogens is 340 g/mol. The van der Waals surface area contributed by atoms with Gasteiger partial charge in [0, 0.05) is 10.6 Å². The quantitative estimate of drug-likeness (QED) is 0.878. The Balaban J connectivity index is 0.00000176. The summed E-state index contributed by atoms with van der Waals surface area (Å²) in [6.45, 7) is 0. The molecule has 118 valence electrons. The molecule has 1 amide bonds. The van der Waals surface area contributed by atoms with E-state index in [1.54, 1.807) is 17.3 Å². The summed E-state index contributed by atoms with van der Waals surface area (Å²) >= 11 is 3.06. The van der Waals surface area contributed by atoms with Crippen LogP contribution in [-0.2, 0) is 4.79 Å². The number of halogens is 1. The summed E-state index contributed by atoms with van der Waals surface area (Å²) in [4.78, 5) is 13.3. The maximum absolute atomic E-state index is 12.2. The van der Waals surface area contributed by atoms with Gasteiger partial charge in [-0.1, -0.05) is 35.9 Å². The fourth-order valence-electron chi connectivity index (χ4n) is 2.40. The lowest BCUT2D eigenvalue weighted by Gasteiger charge is -2.22. The molecule has 0 atom stereocenters. The molecule has 1 saturated carbocycles. The third-order valence-corrected chi connectivity index (χ3v) is 5.39. The predicted molar refractivity (Wildman–Crippen MR) is 91.7 cm³/mol. The van der Waals surface area contributed by atoms with Crippen molar-refractivity contribution in [2.75, 3.05) is 5.32 Å². The summed E-state index contributed by atoms with van der Waals surface area (Å²) in [5, 5.41) is 10.7. The molecule has 1 heterocycles. The summed E-state index contributed by atoms with van der Waals surface area (Å²) in [7, 11) is 0. The molecule has 1 fully saturated rings. The molecule has 3 N–H and O–H groups in total. The van der Waals surface area contributed by atoms with Gasteiger partial charge in [0.25, 0.3) is 0 Å². The lowest BCUT2D eigenvalue weighted by atomic mass is 9.98. The molecule has 0 radical (unpaired) electrons. The van der Waals surface area contributed by atoms with Gasteiger partial charge < -0.3 is 11.1 Å². The molecule has 0 spiro atoms. The van der Waals surface area contributed by atoms with E-state index in [1.165, 1.54) is 11.3 Å². The van der Waals surface area contributed by atoms with E-state index in [9.17, 15) is 4.79 Å².